The van der Waals surface area contributed by atoms with Crippen molar-refractivity contribution in [2.75, 3.05) is 11.9 Å². The molecule has 0 radical (unpaired) electrons. The minimum Gasteiger partial charge on any atom is -0.353 e. The molecule has 0 bridgehead atoms. The zero-order chi connectivity index (χ0) is 31.9. The van der Waals surface area contributed by atoms with E-state index in [-0.39, 0.29) is 29.4 Å². The Balaban J connectivity index is 1.66. The smallest absolute Gasteiger partial charge is 0.320 e. The number of amides is 3. The molecule has 1 aliphatic rings. The molecule has 1 unspecified atom stereocenters. The number of pyridine rings is 1. The maximum atomic E-state index is 14.2. The minimum atomic E-state index is -1.50. The standard InChI is InChI=1S/C35H45N5O4/c1-24(2)27-15-13-16-28(25(3)4)31(27)38-33(42)39-34(5,22-26-14-7-8-17-29(26)40(43)44)32(41)37-23-35(19-10-6-11-20-35)30-18-9-12-21-36-30/h7-9,12-18,21,24-25H,6,10-11,19-20,22-23H2,1-5H3,(H,37,41)(H2,38,39,42). The van der Waals surface area contributed by atoms with Crippen LogP contribution in [0.5, 0.6) is 0 Å². The first-order valence-corrected chi connectivity index (χ1v) is 15.6. The fourth-order valence-corrected chi connectivity index (χ4v) is 6.36. The van der Waals surface area contributed by atoms with Gasteiger partial charge in [-0.25, -0.2) is 4.79 Å². The first-order valence-electron chi connectivity index (χ1n) is 15.6. The topological polar surface area (TPSA) is 126 Å². The van der Waals surface area contributed by atoms with Crippen LogP contribution in [0.15, 0.2) is 66.9 Å². The predicted molar refractivity (Wildman–Crippen MR) is 174 cm³/mol. The maximum absolute atomic E-state index is 14.2. The Labute approximate surface area is 260 Å². The second-order valence-corrected chi connectivity index (χ2v) is 12.8. The number of nitro groups is 1. The summed E-state index contributed by atoms with van der Waals surface area (Å²) in [4.78, 5) is 44.0. The van der Waals surface area contributed by atoms with E-state index < -0.39 is 22.4 Å². The van der Waals surface area contributed by atoms with Gasteiger partial charge in [0.15, 0.2) is 0 Å². The van der Waals surface area contributed by atoms with Crippen LogP contribution in [-0.4, -0.2) is 33.9 Å². The molecule has 2 aromatic carbocycles. The number of nitro benzene ring substituents is 1. The van der Waals surface area contributed by atoms with Crippen molar-refractivity contribution in [3.8, 4) is 0 Å². The van der Waals surface area contributed by atoms with Gasteiger partial charge in [0.25, 0.3) is 5.69 Å². The highest BCUT2D eigenvalue weighted by atomic mass is 16.6. The van der Waals surface area contributed by atoms with Crippen LogP contribution in [0.25, 0.3) is 0 Å². The molecular weight excluding hydrogens is 554 g/mol. The average Bonchev–Trinajstić information content (AvgIpc) is 3.00. The number of carbonyl (C=O) groups is 2. The predicted octanol–water partition coefficient (Wildman–Crippen LogP) is 7.38. The Bertz CT molecular complexity index is 1440. The highest BCUT2D eigenvalue weighted by Gasteiger charge is 2.41. The summed E-state index contributed by atoms with van der Waals surface area (Å²) in [5, 5.41) is 21.0. The molecule has 44 heavy (non-hydrogen) atoms. The van der Waals surface area contributed by atoms with Crippen LogP contribution < -0.4 is 16.0 Å². The number of urea groups is 1. The number of anilines is 1. The number of para-hydroxylation sites is 2. The number of hydrogen-bond donors (Lipinski definition) is 3. The first-order chi connectivity index (χ1) is 21.0. The average molecular weight is 600 g/mol. The summed E-state index contributed by atoms with van der Waals surface area (Å²) in [5.41, 5.74) is 2.09. The Hall–Kier alpha value is -4.27. The molecule has 234 valence electrons. The van der Waals surface area contributed by atoms with Gasteiger partial charge in [0.1, 0.15) is 5.54 Å². The summed E-state index contributed by atoms with van der Waals surface area (Å²) in [6.07, 6.45) is 6.70. The summed E-state index contributed by atoms with van der Waals surface area (Å²) < 4.78 is 0. The van der Waals surface area contributed by atoms with Gasteiger partial charge >= 0.3 is 6.03 Å². The number of nitrogens with zero attached hydrogens (tertiary/aromatic N) is 2. The van der Waals surface area contributed by atoms with Gasteiger partial charge in [0.2, 0.25) is 5.91 Å². The van der Waals surface area contributed by atoms with E-state index in [0.717, 1.165) is 54.6 Å². The number of rotatable bonds is 11. The van der Waals surface area contributed by atoms with Crippen LogP contribution in [0.2, 0.25) is 0 Å². The largest absolute Gasteiger partial charge is 0.353 e. The monoisotopic (exact) mass is 599 g/mol. The van der Waals surface area contributed by atoms with Crippen LogP contribution >= 0.6 is 0 Å². The molecule has 9 heteroatoms. The van der Waals surface area contributed by atoms with Gasteiger partial charge in [-0.05, 0) is 54.9 Å². The van der Waals surface area contributed by atoms with E-state index in [1.807, 2.05) is 36.4 Å². The third-order valence-corrected chi connectivity index (χ3v) is 8.84. The molecule has 3 amide bonds. The number of hydrogen-bond acceptors (Lipinski definition) is 5. The molecule has 1 heterocycles. The molecule has 9 nitrogen and oxygen atoms in total. The SMILES string of the molecule is CC(C)c1cccc(C(C)C)c1NC(=O)NC(C)(Cc1ccccc1[N+](=O)[O-])C(=O)NCC1(c2ccccn2)CCCCC1. The van der Waals surface area contributed by atoms with E-state index in [4.69, 9.17) is 0 Å². The lowest BCUT2D eigenvalue weighted by Crippen LogP contribution is -2.60. The molecule has 4 rings (SSSR count). The number of carbonyl (C=O) groups excluding carboxylic acids is 2. The van der Waals surface area contributed by atoms with Crippen LogP contribution in [0, 0.1) is 10.1 Å². The lowest BCUT2D eigenvalue weighted by molar-refractivity contribution is -0.385. The summed E-state index contributed by atoms with van der Waals surface area (Å²) in [6.45, 7) is 10.3. The van der Waals surface area contributed by atoms with Crippen molar-refractivity contribution in [3.63, 3.8) is 0 Å². The van der Waals surface area contributed by atoms with Crippen LogP contribution in [0.3, 0.4) is 0 Å². The Morgan fingerprint density at radius 3 is 2.16 bits per heavy atom. The molecule has 0 aliphatic heterocycles. The third-order valence-electron chi connectivity index (χ3n) is 8.84. The van der Waals surface area contributed by atoms with Gasteiger partial charge in [-0.1, -0.05) is 89.4 Å². The summed E-state index contributed by atoms with van der Waals surface area (Å²) in [7, 11) is 0. The maximum Gasteiger partial charge on any atom is 0.320 e. The number of aromatic nitrogens is 1. The highest BCUT2D eigenvalue weighted by molar-refractivity contribution is 5.97. The van der Waals surface area contributed by atoms with Gasteiger partial charge in [0.05, 0.1) is 4.92 Å². The summed E-state index contributed by atoms with van der Waals surface area (Å²) >= 11 is 0. The second-order valence-electron chi connectivity index (χ2n) is 12.8. The van der Waals surface area contributed by atoms with Gasteiger partial charge in [-0.3, -0.25) is 19.9 Å². The van der Waals surface area contributed by atoms with Gasteiger partial charge < -0.3 is 16.0 Å². The quantitative estimate of drug-likeness (QED) is 0.157. The van der Waals surface area contributed by atoms with E-state index in [1.165, 1.54) is 6.07 Å². The van der Waals surface area contributed by atoms with E-state index >= 15 is 0 Å². The van der Waals surface area contributed by atoms with Crippen molar-refractivity contribution in [2.45, 2.75) is 95.9 Å². The minimum absolute atomic E-state index is 0.0666. The van der Waals surface area contributed by atoms with Crippen molar-refractivity contribution >= 4 is 23.3 Å². The molecule has 1 atom stereocenters. The van der Waals surface area contributed by atoms with Crippen LogP contribution in [0.4, 0.5) is 16.2 Å². The Morgan fingerprint density at radius 1 is 0.932 bits per heavy atom. The van der Waals surface area contributed by atoms with Crippen LogP contribution in [-0.2, 0) is 16.6 Å². The molecule has 0 spiro atoms. The van der Waals surface area contributed by atoms with Crippen molar-refractivity contribution < 1.29 is 14.5 Å². The molecule has 3 N–H and O–H groups in total. The zero-order valence-corrected chi connectivity index (χ0v) is 26.5. The van der Waals surface area contributed by atoms with Gasteiger partial charge in [0, 0.05) is 47.6 Å². The van der Waals surface area contributed by atoms with Crippen molar-refractivity contribution in [2.24, 2.45) is 0 Å². The Kier molecular flexibility index (Phi) is 10.4. The van der Waals surface area contributed by atoms with Crippen molar-refractivity contribution in [1.82, 2.24) is 15.6 Å². The third kappa shape index (κ3) is 7.44. The van der Waals surface area contributed by atoms with Crippen molar-refractivity contribution in [3.05, 3.63) is 99.4 Å². The lowest BCUT2D eigenvalue weighted by Gasteiger charge is -2.38. The van der Waals surface area contributed by atoms with Crippen molar-refractivity contribution in [1.29, 1.82) is 0 Å². The van der Waals surface area contributed by atoms with Gasteiger partial charge in [-0.15, -0.1) is 0 Å². The molecule has 3 aromatic rings. The summed E-state index contributed by atoms with van der Waals surface area (Å²) in [6, 6.07) is 17.6. The molecular formula is C35H45N5O4. The molecule has 1 aromatic heterocycles. The fourth-order valence-electron chi connectivity index (χ4n) is 6.36. The highest BCUT2D eigenvalue weighted by Crippen LogP contribution is 2.38. The number of nitrogens with one attached hydrogen (secondary N) is 3. The zero-order valence-electron chi connectivity index (χ0n) is 26.5. The number of benzene rings is 2. The normalized spacial score (nSPS) is 15.8. The van der Waals surface area contributed by atoms with Gasteiger partial charge in [-0.2, -0.15) is 0 Å². The van der Waals surface area contributed by atoms with Crippen LogP contribution in [0.1, 0.15) is 101 Å². The molecule has 1 saturated carbocycles. The summed E-state index contributed by atoms with van der Waals surface area (Å²) in [5.74, 6) is -0.0965. The Morgan fingerprint density at radius 2 is 1.57 bits per heavy atom. The molecule has 1 aliphatic carbocycles. The van der Waals surface area contributed by atoms with E-state index in [2.05, 4.69) is 48.6 Å². The lowest BCUT2D eigenvalue weighted by atomic mass is 9.71. The fraction of sp³-hybridized carbons (Fsp3) is 0.457. The first kappa shape index (κ1) is 32.6. The van der Waals surface area contributed by atoms with E-state index in [1.54, 1.807) is 31.3 Å². The second kappa shape index (κ2) is 14.0. The van der Waals surface area contributed by atoms with E-state index in [0.29, 0.717) is 12.1 Å². The molecule has 1 fully saturated rings. The van der Waals surface area contributed by atoms with E-state index in [9.17, 15) is 19.7 Å². The molecule has 0 saturated heterocycles.